The van der Waals surface area contributed by atoms with Gasteiger partial charge in [0.1, 0.15) is 0 Å². The number of hydrogen-bond acceptors (Lipinski definition) is 2. The molecular weight excluding hydrogens is 366 g/mol. The van der Waals surface area contributed by atoms with Gasteiger partial charge in [0.15, 0.2) is 5.11 Å². The SMILES string of the molecule is CCC(C)c1ccc(NC(=S)Nc2ccc(C(=O)N3CCCCC3)cc2)cc1. The third-order valence-corrected chi connectivity index (χ3v) is 5.59. The van der Waals surface area contributed by atoms with Crippen molar-refractivity contribution in [3.05, 3.63) is 59.7 Å². The summed E-state index contributed by atoms with van der Waals surface area (Å²) in [4.78, 5) is 14.5. The lowest BCUT2D eigenvalue weighted by molar-refractivity contribution is 0.0724. The van der Waals surface area contributed by atoms with Crippen molar-refractivity contribution < 1.29 is 4.79 Å². The van der Waals surface area contributed by atoms with E-state index in [2.05, 4.69) is 48.7 Å². The Morgan fingerprint density at radius 1 is 0.964 bits per heavy atom. The smallest absolute Gasteiger partial charge is 0.253 e. The summed E-state index contributed by atoms with van der Waals surface area (Å²) >= 11 is 5.41. The van der Waals surface area contributed by atoms with E-state index in [1.807, 2.05) is 29.2 Å². The molecule has 1 aliphatic rings. The molecule has 0 aromatic heterocycles. The number of nitrogens with one attached hydrogen (secondary N) is 2. The Balaban J connectivity index is 1.54. The highest BCUT2D eigenvalue weighted by Crippen LogP contribution is 2.21. The largest absolute Gasteiger partial charge is 0.339 e. The molecule has 2 aromatic carbocycles. The van der Waals surface area contributed by atoms with E-state index in [1.54, 1.807) is 0 Å². The van der Waals surface area contributed by atoms with Gasteiger partial charge in [0.25, 0.3) is 5.91 Å². The minimum Gasteiger partial charge on any atom is -0.339 e. The molecule has 2 aromatic rings. The van der Waals surface area contributed by atoms with Crippen LogP contribution in [0.3, 0.4) is 0 Å². The van der Waals surface area contributed by atoms with Gasteiger partial charge in [-0.05, 0) is 85.8 Å². The van der Waals surface area contributed by atoms with Crippen LogP contribution in [0.25, 0.3) is 0 Å². The molecule has 0 radical (unpaired) electrons. The van der Waals surface area contributed by atoms with Crippen molar-refractivity contribution in [2.75, 3.05) is 23.7 Å². The van der Waals surface area contributed by atoms with Crippen molar-refractivity contribution in [3.63, 3.8) is 0 Å². The maximum atomic E-state index is 12.5. The summed E-state index contributed by atoms with van der Waals surface area (Å²) in [7, 11) is 0. The molecule has 1 fully saturated rings. The average molecular weight is 396 g/mol. The molecule has 148 valence electrons. The Labute approximate surface area is 173 Å². The molecule has 1 unspecified atom stereocenters. The number of thiocarbonyl (C=S) groups is 1. The number of piperidine rings is 1. The van der Waals surface area contributed by atoms with Gasteiger partial charge < -0.3 is 15.5 Å². The lowest BCUT2D eigenvalue weighted by Crippen LogP contribution is -2.35. The summed E-state index contributed by atoms with van der Waals surface area (Å²) in [6.45, 7) is 6.15. The Bertz CT molecular complexity index is 796. The fourth-order valence-corrected chi connectivity index (χ4v) is 3.64. The summed E-state index contributed by atoms with van der Waals surface area (Å²) in [5, 5.41) is 6.92. The maximum Gasteiger partial charge on any atom is 0.253 e. The van der Waals surface area contributed by atoms with Crippen LogP contribution in [0, 0.1) is 0 Å². The molecule has 0 bridgehead atoms. The highest BCUT2D eigenvalue weighted by Gasteiger charge is 2.17. The lowest BCUT2D eigenvalue weighted by atomic mass is 9.99. The van der Waals surface area contributed by atoms with Crippen molar-refractivity contribution in [2.24, 2.45) is 0 Å². The molecule has 1 atom stereocenters. The van der Waals surface area contributed by atoms with Crippen LogP contribution in [0.15, 0.2) is 48.5 Å². The van der Waals surface area contributed by atoms with Crippen molar-refractivity contribution in [1.82, 2.24) is 4.90 Å². The summed E-state index contributed by atoms with van der Waals surface area (Å²) in [5.74, 6) is 0.679. The van der Waals surface area contributed by atoms with E-state index in [-0.39, 0.29) is 5.91 Å². The minimum absolute atomic E-state index is 0.119. The molecule has 0 saturated carbocycles. The second-order valence-corrected chi connectivity index (χ2v) is 7.85. The van der Waals surface area contributed by atoms with Gasteiger partial charge in [0.2, 0.25) is 0 Å². The number of amides is 1. The van der Waals surface area contributed by atoms with E-state index in [4.69, 9.17) is 12.2 Å². The van der Waals surface area contributed by atoms with Gasteiger partial charge in [-0.25, -0.2) is 0 Å². The predicted molar refractivity (Wildman–Crippen MR) is 121 cm³/mol. The van der Waals surface area contributed by atoms with Crippen molar-refractivity contribution >= 4 is 34.6 Å². The Hall–Kier alpha value is -2.40. The highest BCUT2D eigenvalue weighted by atomic mass is 32.1. The zero-order valence-electron chi connectivity index (χ0n) is 16.7. The van der Waals surface area contributed by atoms with Crippen molar-refractivity contribution in [2.45, 2.75) is 45.4 Å². The molecule has 1 heterocycles. The van der Waals surface area contributed by atoms with Crippen LogP contribution in [0.2, 0.25) is 0 Å². The highest BCUT2D eigenvalue weighted by molar-refractivity contribution is 7.80. The first-order valence-corrected chi connectivity index (χ1v) is 10.5. The zero-order valence-corrected chi connectivity index (χ0v) is 17.5. The molecule has 1 saturated heterocycles. The third kappa shape index (κ3) is 5.32. The fraction of sp³-hybridized carbons (Fsp3) is 0.391. The normalized spacial score (nSPS) is 15.0. The maximum absolute atomic E-state index is 12.5. The van der Waals surface area contributed by atoms with E-state index in [0.717, 1.165) is 49.3 Å². The number of carbonyl (C=O) groups excluding carboxylic acids is 1. The van der Waals surface area contributed by atoms with Gasteiger partial charge >= 0.3 is 0 Å². The number of hydrogen-bond donors (Lipinski definition) is 2. The number of nitrogens with zero attached hydrogens (tertiary/aromatic N) is 1. The van der Waals surface area contributed by atoms with Crippen LogP contribution in [-0.4, -0.2) is 29.0 Å². The van der Waals surface area contributed by atoms with Crippen LogP contribution in [0.1, 0.15) is 61.4 Å². The molecular formula is C23H29N3OS. The van der Waals surface area contributed by atoms with Crippen molar-refractivity contribution in [1.29, 1.82) is 0 Å². The van der Waals surface area contributed by atoms with Crippen molar-refractivity contribution in [3.8, 4) is 0 Å². The van der Waals surface area contributed by atoms with E-state index < -0.39 is 0 Å². The van der Waals surface area contributed by atoms with Crippen LogP contribution in [-0.2, 0) is 0 Å². The molecule has 1 aliphatic heterocycles. The van der Waals surface area contributed by atoms with E-state index in [0.29, 0.717) is 11.0 Å². The second kappa shape index (κ2) is 9.69. The van der Waals surface area contributed by atoms with Gasteiger partial charge in [0, 0.05) is 30.0 Å². The summed E-state index contributed by atoms with van der Waals surface area (Å²) in [5.41, 5.74) is 3.89. The van der Waals surface area contributed by atoms with Gasteiger partial charge in [0.05, 0.1) is 0 Å². The minimum atomic E-state index is 0.119. The summed E-state index contributed by atoms with van der Waals surface area (Å²) < 4.78 is 0. The van der Waals surface area contributed by atoms with E-state index >= 15 is 0 Å². The average Bonchev–Trinajstić information content (AvgIpc) is 2.74. The predicted octanol–water partition coefficient (Wildman–Crippen LogP) is 5.64. The fourth-order valence-electron chi connectivity index (χ4n) is 3.40. The van der Waals surface area contributed by atoms with E-state index in [1.165, 1.54) is 12.0 Å². The monoisotopic (exact) mass is 395 g/mol. The molecule has 1 amide bonds. The van der Waals surface area contributed by atoms with Gasteiger partial charge in [-0.15, -0.1) is 0 Å². The first kappa shape index (κ1) is 20.3. The zero-order chi connectivity index (χ0) is 19.9. The number of anilines is 2. The first-order chi connectivity index (χ1) is 13.6. The molecule has 4 nitrogen and oxygen atoms in total. The summed E-state index contributed by atoms with van der Waals surface area (Å²) in [6, 6.07) is 15.9. The number of benzene rings is 2. The third-order valence-electron chi connectivity index (χ3n) is 5.38. The number of rotatable bonds is 5. The van der Waals surface area contributed by atoms with Crippen LogP contribution in [0.5, 0.6) is 0 Å². The number of carbonyl (C=O) groups is 1. The Morgan fingerprint density at radius 2 is 1.50 bits per heavy atom. The molecule has 28 heavy (non-hydrogen) atoms. The van der Waals surface area contributed by atoms with E-state index in [9.17, 15) is 4.79 Å². The second-order valence-electron chi connectivity index (χ2n) is 7.44. The van der Waals surface area contributed by atoms with Gasteiger partial charge in [-0.2, -0.15) is 0 Å². The molecule has 2 N–H and O–H groups in total. The standard InChI is InChI=1S/C23H29N3OS/c1-3-17(2)18-7-11-20(12-8-18)24-23(28)25-21-13-9-19(10-14-21)22(27)26-15-5-4-6-16-26/h7-14,17H,3-6,15-16H2,1-2H3,(H2,24,25,28). The van der Waals surface area contributed by atoms with Gasteiger partial charge in [-0.1, -0.05) is 26.0 Å². The lowest BCUT2D eigenvalue weighted by Gasteiger charge is -2.26. The molecule has 5 heteroatoms. The molecule has 3 rings (SSSR count). The Morgan fingerprint density at radius 3 is 2.04 bits per heavy atom. The van der Waals surface area contributed by atoms with Crippen LogP contribution >= 0.6 is 12.2 Å². The summed E-state index contributed by atoms with van der Waals surface area (Å²) in [6.07, 6.45) is 4.55. The van der Waals surface area contributed by atoms with Crippen LogP contribution < -0.4 is 10.6 Å². The molecule has 0 spiro atoms. The number of likely N-dealkylation sites (tertiary alicyclic amines) is 1. The Kier molecular flexibility index (Phi) is 7.04. The van der Waals surface area contributed by atoms with Crippen LogP contribution in [0.4, 0.5) is 11.4 Å². The molecule has 0 aliphatic carbocycles. The first-order valence-electron chi connectivity index (χ1n) is 10.1. The quantitative estimate of drug-likeness (QED) is 0.644. The topological polar surface area (TPSA) is 44.4 Å². The van der Waals surface area contributed by atoms with Gasteiger partial charge in [-0.3, -0.25) is 4.79 Å².